The van der Waals surface area contributed by atoms with Crippen molar-refractivity contribution in [2.45, 2.75) is 20.3 Å². The van der Waals surface area contributed by atoms with Crippen LogP contribution in [0.4, 0.5) is 14.9 Å². The first kappa shape index (κ1) is 14.0. The summed E-state index contributed by atoms with van der Waals surface area (Å²) in [6.45, 7) is 4.07. The van der Waals surface area contributed by atoms with Crippen molar-refractivity contribution in [1.29, 1.82) is 0 Å². The summed E-state index contributed by atoms with van der Waals surface area (Å²) in [7, 11) is 0. The van der Waals surface area contributed by atoms with Gasteiger partial charge in [-0.05, 0) is 26.3 Å². The zero-order valence-corrected chi connectivity index (χ0v) is 11.2. The Kier molecular flexibility index (Phi) is 4.29. The zero-order valence-electron chi connectivity index (χ0n) is 11.2. The molecule has 2 rings (SSSR count). The Balaban J connectivity index is 1.83. The third kappa shape index (κ3) is 3.31. The lowest BCUT2D eigenvalue weighted by Gasteiger charge is -2.07. The van der Waals surface area contributed by atoms with Gasteiger partial charge < -0.3 is 15.2 Å². The average Bonchev–Trinajstić information content (AvgIpc) is 2.73. The highest BCUT2D eigenvalue weighted by Crippen LogP contribution is 2.12. The molecule has 2 aromatic heterocycles. The number of hydrogen-bond donors (Lipinski definition) is 2. The van der Waals surface area contributed by atoms with E-state index in [-0.39, 0.29) is 5.69 Å². The maximum Gasteiger partial charge on any atom is 0.319 e. The van der Waals surface area contributed by atoms with Gasteiger partial charge in [0.25, 0.3) is 0 Å². The molecular weight excluding hydrogens is 263 g/mol. The molecule has 20 heavy (non-hydrogen) atoms. The summed E-state index contributed by atoms with van der Waals surface area (Å²) in [5.74, 6) is 0.165. The summed E-state index contributed by atoms with van der Waals surface area (Å²) in [5, 5.41) is 8.89. The van der Waals surface area contributed by atoms with Gasteiger partial charge in [-0.25, -0.2) is 9.18 Å². The molecule has 0 saturated carbocycles. The largest absolute Gasteiger partial charge is 0.361 e. The van der Waals surface area contributed by atoms with E-state index in [4.69, 9.17) is 4.52 Å². The van der Waals surface area contributed by atoms with Crippen molar-refractivity contribution in [3.05, 3.63) is 41.3 Å². The van der Waals surface area contributed by atoms with Crippen LogP contribution < -0.4 is 10.6 Å². The number of urea groups is 1. The fraction of sp³-hybridized carbons (Fsp3) is 0.308. The second-order valence-electron chi connectivity index (χ2n) is 4.29. The Bertz CT molecular complexity index is 593. The molecule has 0 bridgehead atoms. The predicted molar refractivity (Wildman–Crippen MR) is 70.9 cm³/mol. The van der Waals surface area contributed by atoms with Crippen molar-refractivity contribution in [2.75, 3.05) is 11.9 Å². The molecule has 0 aliphatic carbocycles. The van der Waals surface area contributed by atoms with E-state index in [1.165, 1.54) is 12.3 Å². The van der Waals surface area contributed by atoms with E-state index in [9.17, 15) is 9.18 Å². The van der Waals surface area contributed by atoms with E-state index < -0.39 is 11.8 Å². The van der Waals surface area contributed by atoms with Gasteiger partial charge in [0.05, 0.1) is 17.6 Å². The number of amides is 2. The van der Waals surface area contributed by atoms with Crippen molar-refractivity contribution in [1.82, 2.24) is 15.5 Å². The highest BCUT2D eigenvalue weighted by Gasteiger charge is 2.10. The Morgan fingerprint density at radius 2 is 2.25 bits per heavy atom. The molecule has 0 unspecified atom stereocenters. The van der Waals surface area contributed by atoms with Gasteiger partial charge in [-0.15, -0.1) is 0 Å². The van der Waals surface area contributed by atoms with Gasteiger partial charge in [0.15, 0.2) is 5.82 Å². The molecule has 106 valence electrons. The lowest BCUT2D eigenvalue weighted by Crippen LogP contribution is -2.30. The van der Waals surface area contributed by atoms with E-state index in [0.717, 1.165) is 23.2 Å². The molecule has 2 N–H and O–H groups in total. The van der Waals surface area contributed by atoms with Crippen LogP contribution >= 0.6 is 0 Å². The number of hydrogen-bond acceptors (Lipinski definition) is 4. The predicted octanol–water partition coefficient (Wildman–Crippen LogP) is 2.19. The van der Waals surface area contributed by atoms with Crippen LogP contribution in [-0.2, 0) is 6.42 Å². The number of halogens is 1. The fourth-order valence-corrected chi connectivity index (χ4v) is 1.80. The minimum atomic E-state index is -0.576. The van der Waals surface area contributed by atoms with Gasteiger partial charge in [-0.3, -0.25) is 4.98 Å². The molecule has 0 spiro atoms. The molecule has 0 aromatic carbocycles. The summed E-state index contributed by atoms with van der Waals surface area (Å²) in [6, 6.07) is 0.922. The number of nitrogens with zero attached hydrogens (tertiary/aromatic N) is 2. The normalized spacial score (nSPS) is 10.3. The first-order valence-corrected chi connectivity index (χ1v) is 6.14. The van der Waals surface area contributed by atoms with Gasteiger partial charge in [-0.1, -0.05) is 5.16 Å². The van der Waals surface area contributed by atoms with E-state index in [1.807, 2.05) is 13.8 Å². The molecule has 7 heteroatoms. The monoisotopic (exact) mass is 278 g/mol. The molecule has 0 saturated heterocycles. The first-order valence-electron chi connectivity index (χ1n) is 6.14. The minimum absolute atomic E-state index is 0.0924. The first-order chi connectivity index (χ1) is 9.58. The lowest BCUT2D eigenvalue weighted by atomic mass is 10.1. The third-order valence-electron chi connectivity index (χ3n) is 2.86. The van der Waals surface area contributed by atoms with Crippen molar-refractivity contribution in [3.63, 3.8) is 0 Å². The number of aromatic nitrogens is 2. The molecule has 0 aliphatic rings. The second kappa shape index (κ2) is 6.14. The smallest absolute Gasteiger partial charge is 0.319 e. The number of anilines is 1. The molecule has 6 nitrogen and oxygen atoms in total. The highest BCUT2D eigenvalue weighted by molar-refractivity contribution is 5.89. The maximum absolute atomic E-state index is 13.3. The van der Waals surface area contributed by atoms with Crippen molar-refractivity contribution >= 4 is 11.7 Å². The average molecular weight is 278 g/mol. The molecule has 0 aliphatic heterocycles. The van der Waals surface area contributed by atoms with Gasteiger partial charge in [0.2, 0.25) is 0 Å². The number of carbonyl (C=O) groups excluding carboxylic acids is 1. The summed E-state index contributed by atoms with van der Waals surface area (Å²) < 4.78 is 18.3. The van der Waals surface area contributed by atoms with Crippen LogP contribution in [-0.4, -0.2) is 22.7 Å². The van der Waals surface area contributed by atoms with Crippen LogP contribution in [0.25, 0.3) is 0 Å². The number of carbonyl (C=O) groups is 1. The van der Waals surface area contributed by atoms with Crippen LogP contribution in [0.1, 0.15) is 17.0 Å². The van der Waals surface area contributed by atoms with Crippen LogP contribution in [0.3, 0.4) is 0 Å². The maximum atomic E-state index is 13.3. The van der Waals surface area contributed by atoms with Crippen molar-refractivity contribution < 1.29 is 13.7 Å². The minimum Gasteiger partial charge on any atom is -0.361 e. The quantitative estimate of drug-likeness (QED) is 0.898. The van der Waals surface area contributed by atoms with Crippen LogP contribution in [0.5, 0.6) is 0 Å². The van der Waals surface area contributed by atoms with E-state index in [2.05, 4.69) is 20.8 Å². The number of aryl methyl sites for hydroxylation is 2. The number of rotatable bonds is 4. The van der Waals surface area contributed by atoms with Crippen molar-refractivity contribution in [3.8, 4) is 0 Å². The molecule has 2 heterocycles. The van der Waals surface area contributed by atoms with E-state index >= 15 is 0 Å². The molecule has 0 radical (unpaired) electrons. The van der Waals surface area contributed by atoms with Crippen LogP contribution in [0, 0.1) is 19.7 Å². The Morgan fingerprint density at radius 1 is 1.45 bits per heavy atom. The topological polar surface area (TPSA) is 80.0 Å². The molecule has 2 aromatic rings. The molecule has 2 amide bonds. The van der Waals surface area contributed by atoms with E-state index in [0.29, 0.717) is 13.0 Å². The zero-order chi connectivity index (χ0) is 14.5. The molecule has 0 atom stereocenters. The summed E-state index contributed by atoms with van der Waals surface area (Å²) in [6.07, 6.45) is 3.05. The van der Waals surface area contributed by atoms with Gasteiger partial charge >= 0.3 is 6.03 Å². The van der Waals surface area contributed by atoms with Gasteiger partial charge in [-0.2, -0.15) is 0 Å². The SMILES string of the molecule is Cc1noc(C)c1CCNC(=O)Nc1ccncc1F. The van der Waals surface area contributed by atoms with E-state index in [1.54, 1.807) is 0 Å². The molecular formula is C13H15FN4O2. The molecule has 0 fully saturated rings. The fourth-order valence-electron chi connectivity index (χ4n) is 1.80. The standard InChI is InChI=1S/C13H15FN4O2/c1-8-10(9(2)20-18-8)3-6-16-13(19)17-12-4-5-15-7-11(12)14/h4-5,7H,3,6H2,1-2H3,(H2,15,16,17,19). The van der Waals surface area contributed by atoms with Gasteiger partial charge in [0, 0.05) is 18.3 Å². The third-order valence-corrected chi connectivity index (χ3v) is 2.86. The Hall–Kier alpha value is -2.44. The van der Waals surface area contributed by atoms with Crippen molar-refractivity contribution in [2.24, 2.45) is 0 Å². The summed E-state index contributed by atoms with van der Waals surface area (Å²) >= 11 is 0. The summed E-state index contributed by atoms with van der Waals surface area (Å²) in [4.78, 5) is 15.2. The number of nitrogens with one attached hydrogen (secondary N) is 2. The number of pyridine rings is 1. The lowest BCUT2D eigenvalue weighted by molar-refractivity contribution is 0.252. The van der Waals surface area contributed by atoms with Crippen LogP contribution in [0.2, 0.25) is 0 Å². The Labute approximate surface area is 115 Å². The summed E-state index contributed by atoms with van der Waals surface area (Å²) in [5.41, 5.74) is 1.88. The van der Waals surface area contributed by atoms with Crippen LogP contribution in [0.15, 0.2) is 23.0 Å². The second-order valence-corrected chi connectivity index (χ2v) is 4.29. The van der Waals surface area contributed by atoms with Gasteiger partial charge in [0.1, 0.15) is 5.76 Å². The Morgan fingerprint density at radius 3 is 2.90 bits per heavy atom. The highest BCUT2D eigenvalue weighted by atomic mass is 19.1.